The van der Waals surface area contributed by atoms with Crippen molar-refractivity contribution in [3.63, 3.8) is 0 Å². The molecule has 166 valence electrons. The smallest absolute Gasteiger partial charge is 0.233 e. The van der Waals surface area contributed by atoms with E-state index in [4.69, 9.17) is 4.74 Å². The molecule has 2 saturated heterocycles. The second kappa shape index (κ2) is 8.31. The van der Waals surface area contributed by atoms with E-state index in [1.165, 1.54) is 7.11 Å². The zero-order valence-corrected chi connectivity index (χ0v) is 17.9. The standard InChI is InChI=1S/C23H25FN6O2/c1-30(19-9-15-4-6-17(28-15)23(19)24)21-12-25-18(11-26-21)16-5-3-13(7-20(16)31)14-8-22(32-2)29-27-10-14/h3,5,7-8,10-12,15,17,19,23,28,31H,4,6,9H2,1-2H3/t15?,17?,19-,23+/m1/s1. The zero-order chi connectivity index (χ0) is 22.2. The highest BCUT2D eigenvalue weighted by atomic mass is 19.1. The summed E-state index contributed by atoms with van der Waals surface area (Å²) in [6, 6.07) is 7.13. The van der Waals surface area contributed by atoms with E-state index in [-0.39, 0.29) is 17.8 Å². The molecule has 0 radical (unpaired) electrons. The first-order valence-electron chi connectivity index (χ1n) is 10.7. The lowest BCUT2D eigenvalue weighted by Crippen LogP contribution is -2.55. The highest BCUT2D eigenvalue weighted by Crippen LogP contribution is 2.35. The fourth-order valence-electron chi connectivity index (χ4n) is 4.69. The zero-order valence-electron chi connectivity index (χ0n) is 17.9. The van der Waals surface area contributed by atoms with Crippen LogP contribution in [-0.4, -0.2) is 63.7 Å². The number of methoxy groups -OCH3 is 1. The van der Waals surface area contributed by atoms with Gasteiger partial charge in [0.05, 0.1) is 37.4 Å². The number of ether oxygens (including phenoxy) is 1. The number of anilines is 1. The molecule has 2 unspecified atom stereocenters. The highest BCUT2D eigenvalue weighted by molar-refractivity contribution is 5.74. The Bertz CT molecular complexity index is 1110. The lowest BCUT2D eigenvalue weighted by atomic mass is 9.96. The molecule has 2 N–H and O–H groups in total. The summed E-state index contributed by atoms with van der Waals surface area (Å²) in [7, 11) is 3.40. The molecule has 2 fully saturated rings. The number of nitrogens with zero attached hydrogens (tertiary/aromatic N) is 5. The Labute approximate surface area is 185 Å². The molecule has 4 heterocycles. The van der Waals surface area contributed by atoms with Crippen molar-refractivity contribution < 1.29 is 14.2 Å². The van der Waals surface area contributed by atoms with Crippen molar-refractivity contribution in [3.05, 3.63) is 42.9 Å². The fourth-order valence-corrected chi connectivity index (χ4v) is 4.69. The molecular formula is C23H25FN6O2. The second-order valence-electron chi connectivity index (χ2n) is 8.38. The molecule has 0 saturated carbocycles. The van der Waals surface area contributed by atoms with Crippen molar-refractivity contribution in [1.29, 1.82) is 0 Å². The molecule has 0 amide bonds. The first-order chi connectivity index (χ1) is 15.5. The molecule has 2 aliphatic rings. The molecular weight excluding hydrogens is 411 g/mol. The number of hydrogen-bond donors (Lipinski definition) is 2. The largest absolute Gasteiger partial charge is 0.507 e. The molecule has 2 aliphatic heterocycles. The number of aromatic hydroxyl groups is 1. The Morgan fingerprint density at radius 2 is 2.00 bits per heavy atom. The van der Waals surface area contributed by atoms with Gasteiger partial charge in [-0.05, 0) is 37.0 Å². The van der Waals surface area contributed by atoms with E-state index >= 15 is 0 Å². The van der Waals surface area contributed by atoms with Crippen LogP contribution in [0.5, 0.6) is 11.6 Å². The summed E-state index contributed by atoms with van der Waals surface area (Å²) >= 11 is 0. The fraction of sp³-hybridized carbons (Fsp3) is 0.391. The number of benzene rings is 1. The van der Waals surface area contributed by atoms with Gasteiger partial charge in [0.15, 0.2) is 0 Å². The van der Waals surface area contributed by atoms with Crippen LogP contribution < -0.4 is 15.0 Å². The number of halogens is 1. The predicted octanol–water partition coefficient (Wildman–Crippen LogP) is 2.98. The Balaban J connectivity index is 1.35. The molecule has 9 heteroatoms. The topological polar surface area (TPSA) is 96.3 Å². The first kappa shape index (κ1) is 20.6. The van der Waals surface area contributed by atoms with Crippen LogP contribution in [0.15, 0.2) is 42.9 Å². The molecule has 1 aromatic carbocycles. The molecule has 3 aromatic rings. The van der Waals surface area contributed by atoms with Crippen molar-refractivity contribution >= 4 is 5.82 Å². The third-order valence-corrected chi connectivity index (χ3v) is 6.50. The first-order valence-corrected chi connectivity index (χ1v) is 10.7. The van der Waals surface area contributed by atoms with E-state index in [2.05, 4.69) is 25.5 Å². The molecule has 5 rings (SSSR count). The summed E-state index contributed by atoms with van der Waals surface area (Å²) in [5.41, 5.74) is 2.66. The van der Waals surface area contributed by atoms with Crippen LogP contribution in [0.1, 0.15) is 19.3 Å². The number of hydrogen-bond acceptors (Lipinski definition) is 8. The monoisotopic (exact) mass is 436 g/mol. The summed E-state index contributed by atoms with van der Waals surface area (Å²) in [6.07, 6.45) is 6.59. The van der Waals surface area contributed by atoms with Crippen LogP contribution in [0.25, 0.3) is 22.4 Å². The van der Waals surface area contributed by atoms with Gasteiger partial charge >= 0.3 is 0 Å². The number of alkyl halides is 1. The summed E-state index contributed by atoms with van der Waals surface area (Å²) in [6.45, 7) is 0. The van der Waals surface area contributed by atoms with E-state index in [1.807, 2.05) is 18.0 Å². The quantitative estimate of drug-likeness (QED) is 0.630. The van der Waals surface area contributed by atoms with Gasteiger partial charge in [0.25, 0.3) is 0 Å². The number of aromatic nitrogens is 4. The minimum Gasteiger partial charge on any atom is -0.507 e. The number of nitrogens with one attached hydrogen (secondary N) is 1. The highest BCUT2D eigenvalue weighted by Gasteiger charge is 2.43. The van der Waals surface area contributed by atoms with Crippen molar-refractivity contribution in [3.8, 4) is 34.0 Å². The number of fused-ring (bicyclic) bond motifs is 2. The van der Waals surface area contributed by atoms with Gasteiger partial charge in [-0.15, -0.1) is 5.10 Å². The number of phenols is 1. The van der Waals surface area contributed by atoms with Gasteiger partial charge in [0.2, 0.25) is 5.88 Å². The van der Waals surface area contributed by atoms with Crippen LogP contribution in [0.3, 0.4) is 0 Å². The lowest BCUT2D eigenvalue weighted by molar-refractivity contribution is 0.176. The normalized spacial score (nSPS) is 24.3. The van der Waals surface area contributed by atoms with Crippen LogP contribution in [0, 0.1) is 0 Å². The van der Waals surface area contributed by atoms with Gasteiger partial charge in [0.1, 0.15) is 17.7 Å². The van der Waals surface area contributed by atoms with Gasteiger partial charge in [-0.1, -0.05) is 6.07 Å². The third kappa shape index (κ3) is 3.73. The maximum atomic E-state index is 14.9. The molecule has 2 bridgehead atoms. The predicted molar refractivity (Wildman–Crippen MR) is 118 cm³/mol. The minimum atomic E-state index is -0.932. The second-order valence-corrected chi connectivity index (χ2v) is 8.38. The van der Waals surface area contributed by atoms with Gasteiger partial charge in [-0.2, -0.15) is 5.10 Å². The van der Waals surface area contributed by atoms with Crippen LogP contribution in [0.2, 0.25) is 0 Å². The van der Waals surface area contributed by atoms with Crippen molar-refractivity contribution in [2.75, 3.05) is 19.1 Å². The molecule has 2 aromatic heterocycles. The molecule has 4 atom stereocenters. The van der Waals surface area contributed by atoms with Crippen molar-refractivity contribution in [2.45, 2.75) is 43.6 Å². The van der Waals surface area contributed by atoms with Crippen LogP contribution in [0.4, 0.5) is 10.2 Å². The summed E-state index contributed by atoms with van der Waals surface area (Å²) in [4.78, 5) is 10.9. The van der Waals surface area contributed by atoms with Crippen molar-refractivity contribution in [1.82, 2.24) is 25.5 Å². The average Bonchev–Trinajstić information content (AvgIpc) is 3.24. The van der Waals surface area contributed by atoms with Gasteiger partial charge in [-0.25, -0.2) is 9.37 Å². The Morgan fingerprint density at radius 1 is 1.12 bits per heavy atom. The lowest BCUT2D eigenvalue weighted by Gasteiger charge is -2.38. The maximum Gasteiger partial charge on any atom is 0.233 e. The van der Waals surface area contributed by atoms with Crippen LogP contribution in [-0.2, 0) is 0 Å². The molecule has 0 spiro atoms. The van der Waals surface area contributed by atoms with Crippen molar-refractivity contribution in [2.24, 2.45) is 0 Å². The van der Waals surface area contributed by atoms with Gasteiger partial charge < -0.3 is 20.1 Å². The molecule has 8 nitrogen and oxygen atoms in total. The van der Waals surface area contributed by atoms with E-state index in [0.29, 0.717) is 29.0 Å². The summed E-state index contributed by atoms with van der Waals surface area (Å²) in [5.74, 6) is 1.09. The molecule has 0 aliphatic carbocycles. The van der Waals surface area contributed by atoms with Gasteiger partial charge in [-0.3, -0.25) is 4.98 Å². The summed E-state index contributed by atoms with van der Waals surface area (Å²) < 4.78 is 20.0. The average molecular weight is 436 g/mol. The maximum absolute atomic E-state index is 14.9. The minimum absolute atomic E-state index is 0.0699. The Morgan fingerprint density at radius 3 is 2.75 bits per heavy atom. The number of rotatable bonds is 5. The van der Waals surface area contributed by atoms with E-state index in [1.54, 1.807) is 36.8 Å². The third-order valence-electron chi connectivity index (χ3n) is 6.50. The SMILES string of the molecule is COc1cc(-c2ccc(-c3cnc(N(C)[C@@H]4CC5CCC(N5)[C@@H]4F)cn3)c(O)c2)cnn1. The summed E-state index contributed by atoms with van der Waals surface area (Å²) in [5, 5.41) is 21.7. The number of piperidine rings is 1. The van der Waals surface area contributed by atoms with Crippen LogP contribution >= 0.6 is 0 Å². The van der Waals surface area contributed by atoms with E-state index in [9.17, 15) is 9.50 Å². The Kier molecular flexibility index (Phi) is 5.34. The Hall–Kier alpha value is -3.33. The molecule has 32 heavy (non-hydrogen) atoms. The van der Waals surface area contributed by atoms with Gasteiger partial charge in [0, 0.05) is 36.3 Å². The van der Waals surface area contributed by atoms with E-state index in [0.717, 1.165) is 30.4 Å². The van der Waals surface area contributed by atoms with E-state index < -0.39 is 6.17 Å². The number of phenolic OH excluding ortho intramolecular Hbond substituents is 1.